The van der Waals surface area contributed by atoms with Crippen molar-refractivity contribution in [2.24, 2.45) is 0 Å². The van der Waals surface area contributed by atoms with E-state index in [1.165, 1.54) is 0 Å². The minimum absolute atomic E-state index is 0.500. The predicted molar refractivity (Wildman–Crippen MR) is 97.7 cm³/mol. The molecule has 0 unspecified atom stereocenters. The standard InChI is InChI=1S/C17H16N2S.CH3NO2/c1-2-6-15-11-14(9-10-18-15)17-19-16(12-20-17)13-7-4-3-5-8-13;1-2(3)4/h3-5,7-12H,2,6H2,1H3;1H3. The summed E-state index contributed by atoms with van der Waals surface area (Å²) in [7, 11) is 0.889. The predicted octanol–water partition coefficient (Wildman–Crippen LogP) is 4.72. The first-order valence-corrected chi connectivity index (χ1v) is 8.52. The summed E-state index contributed by atoms with van der Waals surface area (Å²) in [4.78, 5) is 17.4. The van der Waals surface area contributed by atoms with Crippen LogP contribution in [0.25, 0.3) is 21.8 Å². The van der Waals surface area contributed by atoms with Crippen LogP contribution in [-0.2, 0) is 6.42 Å². The molecule has 3 rings (SSSR count). The highest BCUT2D eigenvalue weighted by molar-refractivity contribution is 7.13. The third-order valence-electron chi connectivity index (χ3n) is 3.14. The van der Waals surface area contributed by atoms with E-state index in [1.807, 2.05) is 30.5 Å². The maximum Gasteiger partial charge on any atom is 0.194 e. The van der Waals surface area contributed by atoms with Gasteiger partial charge in [-0.25, -0.2) is 4.98 Å². The lowest BCUT2D eigenvalue weighted by Crippen LogP contribution is -1.89. The highest BCUT2D eigenvalue weighted by Gasteiger charge is 2.07. The Hall–Kier alpha value is -2.60. The number of nitro groups is 1. The maximum atomic E-state index is 8.81. The van der Waals surface area contributed by atoms with E-state index in [-0.39, 0.29) is 0 Å². The van der Waals surface area contributed by atoms with Crippen molar-refractivity contribution in [1.82, 2.24) is 9.97 Å². The van der Waals surface area contributed by atoms with Crippen LogP contribution < -0.4 is 0 Å². The fourth-order valence-electron chi connectivity index (χ4n) is 2.15. The van der Waals surface area contributed by atoms with Crippen LogP contribution in [0.3, 0.4) is 0 Å². The summed E-state index contributed by atoms with van der Waals surface area (Å²) in [6.07, 6.45) is 4.01. The van der Waals surface area contributed by atoms with Gasteiger partial charge in [0, 0.05) is 33.3 Å². The molecule has 0 saturated carbocycles. The topological polar surface area (TPSA) is 68.9 Å². The molecule has 0 N–H and O–H groups in total. The number of nitrogens with zero attached hydrogens (tertiary/aromatic N) is 3. The summed E-state index contributed by atoms with van der Waals surface area (Å²) in [6.45, 7) is 2.17. The zero-order valence-corrected chi connectivity index (χ0v) is 14.5. The molecular formula is C18H19N3O2S. The van der Waals surface area contributed by atoms with Crippen LogP contribution in [-0.4, -0.2) is 21.9 Å². The van der Waals surface area contributed by atoms with E-state index < -0.39 is 4.92 Å². The largest absolute Gasteiger partial charge is 0.265 e. The maximum absolute atomic E-state index is 8.81. The van der Waals surface area contributed by atoms with E-state index >= 15 is 0 Å². The first kappa shape index (κ1) is 17.7. The van der Waals surface area contributed by atoms with Crippen LogP contribution in [0, 0.1) is 10.1 Å². The molecule has 5 nitrogen and oxygen atoms in total. The summed E-state index contributed by atoms with van der Waals surface area (Å²) in [5, 5.41) is 12.0. The molecular weight excluding hydrogens is 322 g/mol. The molecule has 2 heterocycles. The summed E-state index contributed by atoms with van der Waals surface area (Å²) in [5.41, 5.74) is 4.51. The molecule has 0 spiro atoms. The first-order chi connectivity index (χ1) is 11.6. The van der Waals surface area contributed by atoms with Gasteiger partial charge in [0.15, 0.2) is 7.05 Å². The van der Waals surface area contributed by atoms with Gasteiger partial charge in [-0.05, 0) is 18.6 Å². The summed E-state index contributed by atoms with van der Waals surface area (Å²) in [6, 6.07) is 14.5. The molecule has 0 atom stereocenters. The average molecular weight is 341 g/mol. The Morgan fingerprint density at radius 1 is 1.17 bits per heavy atom. The van der Waals surface area contributed by atoms with E-state index in [4.69, 9.17) is 15.1 Å². The third kappa shape index (κ3) is 5.24. The number of pyridine rings is 1. The van der Waals surface area contributed by atoms with Crippen LogP contribution >= 0.6 is 11.3 Å². The minimum atomic E-state index is -0.500. The van der Waals surface area contributed by atoms with E-state index in [0.29, 0.717) is 0 Å². The van der Waals surface area contributed by atoms with Gasteiger partial charge in [-0.2, -0.15) is 0 Å². The monoisotopic (exact) mass is 341 g/mol. The smallest absolute Gasteiger partial charge is 0.194 e. The fourth-order valence-corrected chi connectivity index (χ4v) is 2.98. The van der Waals surface area contributed by atoms with Gasteiger partial charge in [-0.3, -0.25) is 15.1 Å². The Bertz CT molecular complexity index is 784. The van der Waals surface area contributed by atoms with Crippen molar-refractivity contribution in [3.05, 3.63) is 69.8 Å². The van der Waals surface area contributed by atoms with Crippen molar-refractivity contribution in [3.63, 3.8) is 0 Å². The van der Waals surface area contributed by atoms with E-state index in [0.717, 1.165) is 47.4 Å². The van der Waals surface area contributed by atoms with Crippen molar-refractivity contribution >= 4 is 11.3 Å². The number of benzene rings is 1. The Morgan fingerprint density at radius 3 is 2.54 bits per heavy atom. The fraction of sp³-hybridized carbons (Fsp3) is 0.222. The van der Waals surface area contributed by atoms with Gasteiger partial charge in [-0.1, -0.05) is 43.7 Å². The van der Waals surface area contributed by atoms with Gasteiger partial charge < -0.3 is 0 Å². The lowest BCUT2D eigenvalue weighted by molar-refractivity contribution is -0.445. The summed E-state index contributed by atoms with van der Waals surface area (Å²) < 4.78 is 0. The van der Waals surface area contributed by atoms with Crippen LogP contribution in [0.5, 0.6) is 0 Å². The second kappa shape index (κ2) is 8.88. The highest BCUT2D eigenvalue weighted by atomic mass is 32.1. The molecule has 0 bridgehead atoms. The molecule has 0 aliphatic rings. The number of aromatic nitrogens is 2. The second-order valence-corrected chi connectivity index (χ2v) is 5.99. The average Bonchev–Trinajstić information content (AvgIpc) is 3.06. The molecule has 0 saturated heterocycles. The minimum Gasteiger partial charge on any atom is -0.265 e. The van der Waals surface area contributed by atoms with Gasteiger partial charge >= 0.3 is 0 Å². The van der Waals surface area contributed by atoms with Crippen molar-refractivity contribution in [2.45, 2.75) is 19.8 Å². The number of thiazole rings is 1. The van der Waals surface area contributed by atoms with Crippen LogP contribution in [0.4, 0.5) is 0 Å². The van der Waals surface area contributed by atoms with Gasteiger partial charge in [0.05, 0.1) is 5.69 Å². The van der Waals surface area contributed by atoms with E-state index in [9.17, 15) is 0 Å². The Balaban J connectivity index is 0.000000471. The first-order valence-electron chi connectivity index (χ1n) is 7.64. The molecule has 6 heteroatoms. The molecule has 0 aliphatic carbocycles. The van der Waals surface area contributed by atoms with Gasteiger partial charge in [0.1, 0.15) is 5.01 Å². The molecule has 3 aromatic rings. The lowest BCUT2D eigenvalue weighted by atomic mass is 10.1. The van der Waals surface area contributed by atoms with Crippen molar-refractivity contribution in [2.75, 3.05) is 7.05 Å². The Morgan fingerprint density at radius 2 is 1.88 bits per heavy atom. The van der Waals surface area contributed by atoms with Gasteiger partial charge in [0.25, 0.3) is 0 Å². The molecule has 24 heavy (non-hydrogen) atoms. The SMILES string of the molecule is CCCc1cc(-c2nc(-c3ccccc3)cs2)ccn1.C[N+](=O)[O-]. The van der Waals surface area contributed by atoms with Crippen molar-refractivity contribution in [3.8, 4) is 21.8 Å². The highest BCUT2D eigenvalue weighted by Crippen LogP contribution is 2.28. The van der Waals surface area contributed by atoms with E-state index in [2.05, 4.69) is 35.5 Å². The lowest BCUT2D eigenvalue weighted by Gasteiger charge is -2.00. The molecule has 0 radical (unpaired) electrons. The van der Waals surface area contributed by atoms with Crippen molar-refractivity contribution < 1.29 is 4.92 Å². The zero-order valence-electron chi connectivity index (χ0n) is 13.7. The second-order valence-electron chi connectivity index (χ2n) is 5.13. The molecule has 0 aliphatic heterocycles. The van der Waals surface area contributed by atoms with Crippen molar-refractivity contribution in [1.29, 1.82) is 0 Å². The summed E-state index contributed by atoms with van der Waals surface area (Å²) >= 11 is 1.69. The number of rotatable bonds is 4. The number of hydrogen-bond donors (Lipinski definition) is 0. The molecule has 0 fully saturated rings. The van der Waals surface area contributed by atoms with Crippen LogP contribution in [0.2, 0.25) is 0 Å². The Kier molecular flexibility index (Phi) is 6.57. The molecule has 124 valence electrons. The number of hydrogen-bond acceptors (Lipinski definition) is 5. The number of aryl methyl sites for hydroxylation is 1. The van der Waals surface area contributed by atoms with Gasteiger partial charge in [0.2, 0.25) is 0 Å². The van der Waals surface area contributed by atoms with Crippen LogP contribution in [0.15, 0.2) is 54.0 Å². The van der Waals surface area contributed by atoms with Crippen LogP contribution in [0.1, 0.15) is 19.0 Å². The zero-order chi connectivity index (χ0) is 17.4. The molecule has 0 amide bonds. The summed E-state index contributed by atoms with van der Waals surface area (Å²) in [5.74, 6) is 0. The van der Waals surface area contributed by atoms with E-state index in [1.54, 1.807) is 11.3 Å². The third-order valence-corrected chi connectivity index (χ3v) is 4.03. The molecule has 1 aromatic carbocycles. The molecule has 2 aromatic heterocycles. The Labute approximate surface area is 145 Å². The normalized spacial score (nSPS) is 9.92. The quantitative estimate of drug-likeness (QED) is 0.509. The van der Waals surface area contributed by atoms with Gasteiger partial charge in [-0.15, -0.1) is 11.3 Å².